The molecule has 31 heavy (non-hydrogen) atoms. The standard InChI is InChI=1S/C20H23F3N4O3S/c1-14-2-6-16(7-3-14)31(29,30)26-10-8-25(9-11-26)13-27-19(28)17(20(21,22)23)12-18(24-27)15-4-5-15/h2-3,6-7,12,15H,4-5,8-11,13H2,1H3. The SMILES string of the molecule is Cc1ccc(S(=O)(=O)N2CCN(Cn3nc(C4CC4)cc(C(F)(F)F)c3=O)CC2)cc1. The minimum Gasteiger partial charge on any atom is -0.282 e. The van der Waals surface area contributed by atoms with Gasteiger partial charge in [0.25, 0.3) is 5.56 Å². The first kappa shape index (κ1) is 22.0. The molecule has 0 spiro atoms. The average Bonchev–Trinajstić information content (AvgIpc) is 3.55. The van der Waals surface area contributed by atoms with Gasteiger partial charge in [0.2, 0.25) is 10.0 Å². The van der Waals surface area contributed by atoms with Crippen LogP contribution in [0.5, 0.6) is 0 Å². The lowest BCUT2D eigenvalue weighted by Crippen LogP contribution is -2.50. The molecule has 11 heteroatoms. The van der Waals surface area contributed by atoms with Crippen molar-refractivity contribution in [1.29, 1.82) is 0 Å². The van der Waals surface area contributed by atoms with E-state index in [1.165, 1.54) is 4.31 Å². The van der Waals surface area contributed by atoms with E-state index >= 15 is 0 Å². The van der Waals surface area contributed by atoms with E-state index in [1.807, 2.05) is 6.92 Å². The summed E-state index contributed by atoms with van der Waals surface area (Å²) in [6.45, 7) is 2.69. The van der Waals surface area contributed by atoms with E-state index in [4.69, 9.17) is 0 Å². The average molecular weight is 456 g/mol. The zero-order chi connectivity index (χ0) is 22.4. The smallest absolute Gasteiger partial charge is 0.282 e. The molecule has 1 saturated carbocycles. The molecule has 0 atom stereocenters. The van der Waals surface area contributed by atoms with Crippen LogP contribution in [-0.4, -0.2) is 53.6 Å². The number of hydrogen-bond donors (Lipinski definition) is 0. The normalized spacial score (nSPS) is 19.0. The highest BCUT2D eigenvalue weighted by molar-refractivity contribution is 7.89. The molecule has 4 rings (SSSR count). The van der Waals surface area contributed by atoms with E-state index in [0.717, 1.165) is 29.2 Å². The first-order chi connectivity index (χ1) is 14.6. The summed E-state index contributed by atoms with van der Waals surface area (Å²) in [4.78, 5) is 14.3. The second kappa shape index (κ2) is 8.03. The Morgan fingerprint density at radius 3 is 2.23 bits per heavy atom. The summed E-state index contributed by atoms with van der Waals surface area (Å²) < 4.78 is 67.8. The van der Waals surface area contributed by atoms with Crippen molar-refractivity contribution >= 4 is 10.0 Å². The number of hydrogen-bond acceptors (Lipinski definition) is 5. The van der Waals surface area contributed by atoms with Gasteiger partial charge in [-0.3, -0.25) is 9.69 Å². The van der Waals surface area contributed by atoms with Gasteiger partial charge in [-0.05, 0) is 38.0 Å². The summed E-state index contributed by atoms with van der Waals surface area (Å²) in [5.74, 6) is -0.0375. The van der Waals surface area contributed by atoms with Gasteiger partial charge in [0, 0.05) is 32.1 Å². The molecule has 2 fully saturated rings. The third-order valence-corrected chi connectivity index (χ3v) is 7.53. The Hall–Kier alpha value is -2.24. The summed E-state index contributed by atoms with van der Waals surface area (Å²) in [5.41, 5.74) is -1.14. The van der Waals surface area contributed by atoms with Crippen LogP contribution in [0.1, 0.15) is 35.6 Å². The summed E-state index contributed by atoms with van der Waals surface area (Å²) in [7, 11) is -3.65. The van der Waals surface area contributed by atoms with Crippen LogP contribution in [0.2, 0.25) is 0 Å². The Balaban J connectivity index is 1.48. The Kier molecular flexibility index (Phi) is 5.69. The maximum Gasteiger partial charge on any atom is 0.421 e. The van der Waals surface area contributed by atoms with Gasteiger partial charge in [0.05, 0.1) is 17.3 Å². The van der Waals surface area contributed by atoms with Crippen molar-refractivity contribution in [3.05, 3.63) is 57.5 Å². The molecule has 1 aliphatic heterocycles. The van der Waals surface area contributed by atoms with Gasteiger partial charge in [-0.2, -0.15) is 22.6 Å². The maximum atomic E-state index is 13.3. The van der Waals surface area contributed by atoms with E-state index in [1.54, 1.807) is 29.2 Å². The van der Waals surface area contributed by atoms with E-state index in [2.05, 4.69) is 5.10 Å². The summed E-state index contributed by atoms with van der Waals surface area (Å²) >= 11 is 0. The van der Waals surface area contributed by atoms with Crippen molar-refractivity contribution in [2.24, 2.45) is 0 Å². The van der Waals surface area contributed by atoms with Crippen molar-refractivity contribution < 1.29 is 21.6 Å². The van der Waals surface area contributed by atoms with Gasteiger partial charge in [-0.1, -0.05) is 17.7 Å². The number of alkyl halides is 3. The van der Waals surface area contributed by atoms with Gasteiger partial charge in [-0.25, -0.2) is 13.1 Å². The highest BCUT2D eigenvalue weighted by atomic mass is 32.2. The van der Waals surface area contributed by atoms with Crippen molar-refractivity contribution in [2.75, 3.05) is 26.2 Å². The van der Waals surface area contributed by atoms with Crippen LogP contribution in [0.4, 0.5) is 13.2 Å². The monoisotopic (exact) mass is 456 g/mol. The lowest BCUT2D eigenvalue weighted by Gasteiger charge is -2.34. The van der Waals surface area contributed by atoms with Gasteiger partial charge in [-0.15, -0.1) is 0 Å². The molecule has 1 aromatic heterocycles. The molecule has 0 radical (unpaired) electrons. The first-order valence-electron chi connectivity index (χ1n) is 10.0. The predicted molar refractivity (Wildman–Crippen MR) is 107 cm³/mol. The minimum absolute atomic E-state index is 0.0375. The number of rotatable bonds is 5. The highest BCUT2D eigenvalue weighted by Gasteiger charge is 2.38. The number of sulfonamides is 1. The largest absolute Gasteiger partial charge is 0.421 e. The summed E-state index contributed by atoms with van der Waals surface area (Å²) in [5, 5.41) is 4.16. The fourth-order valence-electron chi connectivity index (χ4n) is 3.60. The number of aryl methyl sites for hydroxylation is 1. The lowest BCUT2D eigenvalue weighted by molar-refractivity contribution is -0.139. The van der Waals surface area contributed by atoms with Crippen molar-refractivity contribution in [3.8, 4) is 0 Å². The zero-order valence-corrected chi connectivity index (χ0v) is 17.8. The zero-order valence-electron chi connectivity index (χ0n) is 17.0. The number of aromatic nitrogens is 2. The molecule has 1 aliphatic carbocycles. The van der Waals surface area contributed by atoms with Gasteiger partial charge >= 0.3 is 6.18 Å². The molecule has 2 aromatic rings. The van der Waals surface area contributed by atoms with E-state index in [9.17, 15) is 26.4 Å². The number of benzene rings is 1. The molecule has 1 aromatic carbocycles. The molecular weight excluding hydrogens is 433 g/mol. The first-order valence-corrected chi connectivity index (χ1v) is 11.5. The minimum atomic E-state index is -4.74. The Morgan fingerprint density at radius 2 is 1.68 bits per heavy atom. The molecule has 1 saturated heterocycles. The van der Waals surface area contributed by atoms with E-state index in [0.29, 0.717) is 0 Å². The van der Waals surface area contributed by atoms with Crippen LogP contribution in [0.25, 0.3) is 0 Å². The predicted octanol–water partition coefficient (Wildman–Crippen LogP) is 2.41. The highest BCUT2D eigenvalue weighted by Crippen LogP contribution is 2.40. The van der Waals surface area contributed by atoms with E-state index < -0.39 is 27.3 Å². The Morgan fingerprint density at radius 1 is 1.06 bits per heavy atom. The van der Waals surface area contributed by atoms with Gasteiger partial charge in [0.15, 0.2) is 0 Å². The van der Waals surface area contributed by atoms with Crippen LogP contribution >= 0.6 is 0 Å². The fourth-order valence-corrected chi connectivity index (χ4v) is 5.02. The van der Waals surface area contributed by atoms with Gasteiger partial charge in [0.1, 0.15) is 5.56 Å². The van der Waals surface area contributed by atoms with Crippen LogP contribution in [0, 0.1) is 6.92 Å². The van der Waals surface area contributed by atoms with Crippen molar-refractivity contribution in [1.82, 2.24) is 19.0 Å². The fraction of sp³-hybridized carbons (Fsp3) is 0.500. The molecule has 168 valence electrons. The van der Waals surface area contributed by atoms with Crippen molar-refractivity contribution in [3.63, 3.8) is 0 Å². The van der Waals surface area contributed by atoms with Crippen molar-refractivity contribution in [2.45, 2.75) is 43.4 Å². The second-order valence-corrected chi connectivity index (χ2v) is 9.97. The molecule has 2 heterocycles. The molecule has 0 unspecified atom stereocenters. The third kappa shape index (κ3) is 4.68. The second-order valence-electron chi connectivity index (χ2n) is 8.04. The lowest BCUT2D eigenvalue weighted by atomic mass is 10.2. The molecule has 2 aliphatic rings. The quantitative estimate of drug-likeness (QED) is 0.691. The number of piperazine rings is 1. The Bertz CT molecular complexity index is 1120. The third-order valence-electron chi connectivity index (χ3n) is 5.62. The Labute approximate surface area is 178 Å². The molecule has 0 amide bonds. The molecule has 7 nitrogen and oxygen atoms in total. The van der Waals surface area contributed by atoms with Gasteiger partial charge < -0.3 is 0 Å². The van der Waals surface area contributed by atoms with Crippen LogP contribution < -0.4 is 5.56 Å². The topological polar surface area (TPSA) is 75.5 Å². The van der Waals surface area contributed by atoms with E-state index in [-0.39, 0.29) is 49.4 Å². The maximum absolute atomic E-state index is 13.3. The summed E-state index contributed by atoms with van der Waals surface area (Å²) in [6, 6.07) is 7.44. The molecular formula is C20H23F3N4O3S. The summed E-state index contributed by atoms with van der Waals surface area (Å²) in [6.07, 6.45) is -3.22. The number of halogens is 3. The van der Waals surface area contributed by atoms with Crippen LogP contribution in [0.3, 0.4) is 0 Å². The molecule has 0 N–H and O–H groups in total. The number of nitrogens with zero attached hydrogens (tertiary/aromatic N) is 4. The van der Waals surface area contributed by atoms with Crippen LogP contribution in [-0.2, 0) is 22.9 Å². The van der Waals surface area contributed by atoms with Crippen LogP contribution in [0.15, 0.2) is 40.0 Å². The molecule has 0 bridgehead atoms.